The second-order valence-electron chi connectivity index (χ2n) is 6.36. The van der Waals surface area contributed by atoms with E-state index >= 15 is 0 Å². The van der Waals surface area contributed by atoms with E-state index in [-0.39, 0.29) is 5.56 Å². The van der Waals surface area contributed by atoms with Crippen LogP contribution in [0.4, 0.5) is 0 Å². The van der Waals surface area contributed by atoms with E-state index < -0.39 is 0 Å². The molecule has 18 heavy (non-hydrogen) atoms. The van der Waals surface area contributed by atoms with Gasteiger partial charge in [-0.2, -0.15) is 0 Å². The molecule has 1 aliphatic heterocycles. The van der Waals surface area contributed by atoms with E-state index in [1.807, 2.05) is 6.92 Å². The third-order valence-electron chi connectivity index (χ3n) is 4.72. The molecule has 2 atom stereocenters. The molecule has 2 heterocycles. The lowest BCUT2D eigenvalue weighted by molar-refractivity contribution is 0.423. The predicted molar refractivity (Wildman–Crippen MR) is 82.7 cm³/mol. The molecule has 3 rings (SSSR count). The number of halogens is 1. The summed E-state index contributed by atoms with van der Waals surface area (Å²) >= 11 is 2.50. The SMILES string of the molecule is Cc1cc(C2(C)CC2)c2n(c1=O)CC(I)C(C)C2. The maximum atomic E-state index is 12.3. The fraction of sp³-hybridized carbons (Fsp3) is 0.667. The van der Waals surface area contributed by atoms with Crippen molar-refractivity contribution in [3.63, 3.8) is 0 Å². The average Bonchev–Trinajstić information content (AvgIpc) is 3.06. The normalized spacial score (nSPS) is 28.9. The standard InChI is InChI=1S/C15H20INO/c1-9-7-13-11(15(3)4-5-15)6-10(2)14(18)17(13)8-12(9)16/h6,9,12H,4-5,7-8H2,1-3H3. The van der Waals surface area contributed by atoms with E-state index in [1.54, 1.807) is 0 Å². The number of hydrogen-bond acceptors (Lipinski definition) is 1. The molecule has 2 nitrogen and oxygen atoms in total. The van der Waals surface area contributed by atoms with Crippen LogP contribution in [0.1, 0.15) is 43.5 Å². The van der Waals surface area contributed by atoms with Crippen LogP contribution in [-0.2, 0) is 18.4 Å². The molecule has 3 heteroatoms. The van der Waals surface area contributed by atoms with Crippen molar-refractivity contribution in [2.45, 2.75) is 55.9 Å². The number of nitrogens with zero attached hydrogens (tertiary/aromatic N) is 1. The summed E-state index contributed by atoms with van der Waals surface area (Å²) in [4.78, 5) is 12.3. The minimum Gasteiger partial charge on any atom is -0.311 e. The zero-order valence-corrected chi connectivity index (χ0v) is 13.5. The number of rotatable bonds is 1. The predicted octanol–water partition coefficient (Wildman–Crippen LogP) is 3.20. The van der Waals surface area contributed by atoms with Gasteiger partial charge in [-0.3, -0.25) is 4.79 Å². The minimum absolute atomic E-state index is 0.228. The van der Waals surface area contributed by atoms with Crippen LogP contribution in [0.25, 0.3) is 0 Å². The molecular formula is C15H20INO. The van der Waals surface area contributed by atoms with Crippen molar-refractivity contribution in [3.05, 3.63) is 33.2 Å². The van der Waals surface area contributed by atoms with Gasteiger partial charge in [-0.25, -0.2) is 0 Å². The van der Waals surface area contributed by atoms with Crippen molar-refractivity contribution < 1.29 is 0 Å². The smallest absolute Gasteiger partial charge is 0.253 e. The Balaban J connectivity index is 2.21. The lowest BCUT2D eigenvalue weighted by atomic mass is 9.87. The molecule has 0 radical (unpaired) electrons. The molecule has 98 valence electrons. The monoisotopic (exact) mass is 357 g/mol. The third kappa shape index (κ3) is 1.86. The number of aromatic nitrogens is 1. The second-order valence-corrected chi connectivity index (χ2v) is 7.96. The topological polar surface area (TPSA) is 22.0 Å². The van der Waals surface area contributed by atoms with Gasteiger partial charge >= 0.3 is 0 Å². The number of pyridine rings is 1. The Kier molecular flexibility index (Phi) is 2.88. The summed E-state index contributed by atoms with van der Waals surface area (Å²) in [5.74, 6) is 0.675. The van der Waals surface area contributed by atoms with Crippen molar-refractivity contribution in [2.75, 3.05) is 0 Å². The first-order valence-corrected chi connectivity index (χ1v) is 8.05. The largest absolute Gasteiger partial charge is 0.311 e. The highest BCUT2D eigenvalue weighted by Gasteiger charge is 2.42. The summed E-state index contributed by atoms with van der Waals surface area (Å²) < 4.78 is 2.64. The number of fused-ring (bicyclic) bond motifs is 1. The highest BCUT2D eigenvalue weighted by Crippen LogP contribution is 2.49. The molecule has 1 fully saturated rings. The Morgan fingerprint density at radius 2 is 2.11 bits per heavy atom. The third-order valence-corrected chi connectivity index (χ3v) is 6.34. The average molecular weight is 357 g/mol. The van der Waals surface area contributed by atoms with E-state index in [4.69, 9.17) is 0 Å². The first-order valence-electron chi connectivity index (χ1n) is 6.80. The Labute approximate surface area is 122 Å². The first kappa shape index (κ1) is 12.7. The van der Waals surface area contributed by atoms with Crippen molar-refractivity contribution in [3.8, 4) is 0 Å². The number of alkyl halides is 1. The Bertz CT molecular complexity index is 556. The van der Waals surface area contributed by atoms with Crippen molar-refractivity contribution in [2.24, 2.45) is 5.92 Å². The lowest BCUT2D eigenvalue weighted by Gasteiger charge is -2.32. The zero-order chi connectivity index (χ0) is 13.1. The number of aryl methyl sites for hydroxylation is 1. The quantitative estimate of drug-likeness (QED) is 0.559. The van der Waals surface area contributed by atoms with E-state index in [2.05, 4.69) is 47.1 Å². The Morgan fingerprint density at radius 3 is 2.72 bits per heavy atom. The molecule has 0 aromatic carbocycles. The van der Waals surface area contributed by atoms with Crippen molar-refractivity contribution in [1.82, 2.24) is 4.57 Å². The summed E-state index contributed by atoms with van der Waals surface area (Å²) in [6.07, 6.45) is 3.62. The van der Waals surface area contributed by atoms with Gasteiger partial charge in [0.15, 0.2) is 0 Å². The van der Waals surface area contributed by atoms with Gasteiger partial charge in [0.05, 0.1) is 0 Å². The fourth-order valence-electron chi connectivity index (χ4n) is 3.02. The van der Waals surface area contributed by atoms with Gasteiger partial charge in [-0.1, -0.05) is 36.4 Å². The van der Waals surface area contributed by atoms with Crippen molar-refractivity contribution in [1.29, 1.82) is 0 Å². The van der Waals surface area contributed by atoms with Gasteiger partial charge < -0.3 is 4.57 Å². The zero-order valence-electron chi connectivity index (χ0n) is 11.3. The highest BCUT2D eigenvalue weighted by atomic mass is 127. The molecule has 0 saturated heterocycles. The first-order chi connectivity index (χ1) is 8.42. The van der Waals surface area contributed by atoms with Crippen LogP contribution < -0.4 is 5.56 Å². The van der Waals surface area contributed by atoms with Crippen LogP contribution in [-0.4, -0.2) is 8.49 Å². The van der Waals surface area contributed by atoms with Gasteiger partial charge in [-0.05, 0) is 49.1 Å². The molecule has 1 saturated carbocycles. The molecule has 1 aliphatic carbocycles. The van der Waals surface area contributed by atoms with Gasteiger partial charge in [-0.15, -0.1) is 0 Å². The molecule has 0 N–H and O–H groups in total. The molecular weight excluding hydrogens is 337 g/mol. The van der Waals surface area contributed by atoms with E-state index in [1.165, 1.54) is 24.1 Å². The summed E-state index contributed by atoms with van der Waals surface area (Å²) in [6, 6.07) is 2.17. The van der Waals surface area contributed by atoms with Crippen LogP contribution in [0.2, 0.25) is 0 Å². The van der Waals surface area contributed by atoms with Gasteiger partial charge in [0.25, 0.3) is 5.56 Å². The molecule has 0 amide bonds. The molecule has 0 bridgehead atoms. The molecule has 2 aliphatic rings. The number of hydrogen-bond donors (Lipinski definition) is 0. The lowest BCUT2D eigenvalue weighted by Crippen LogP contribution is -2.38. The maximum Gasteiger partial charge on any atom is 0.253 e. The van der Waals surface area contributed by atoms with Crippen LogP contribution in [0, 0.1) is 12.8 Å². The summed E-state index contributed by atoms with van der Waals surface area (Å²) in [5.41, 5.74) is 4.28. The molecule has 2 unspecified atom stereocenters. The van der Waals surface area contributed by atoms with E-state index in [0.717, 1.165) is 18.5 Å². The van der Waals surface area contributed by atoms with E-state index in [0.29, 0.717) is 15.3 Å². The maximum absolute atomic E-state index is 12.3. The second kappa shape index (κ2) is 4.09. The van der Waals surface area contributed by atoms with Crippen LogP contribution in [0.15, 0.2) is 10.9 Å². The van der Waals surface area contributed by atoms with Crippen molar-refractivity contribution >= 4 is 22.6 Å². The summed E-state index contributed by atoms with van der Waals surface area (Å²) in [6.45, 7) is 7.50. The van der Waals surface area contributed by atoms with Crippen LogP contribution in [0.3, 0.4) is 0 Å². The Morgan fingerprint density at radius 1 is 1.44 bits per heavy atom. The van der Waals surface area contributed by atoms with Gasteiger partial charge in [0.1, 0.15) is 0 Å². The molecule has 1 aromatic rings. The molecule has 1 aromatic heterocycles. The van der Waals surface area contributed by atoms with E-state index in [9.17, 15) is 4.79 Å². The fourth-order valence-corrected chi connectivity index (χ4v) is 3.67. The van der Waals surface area contributed by atoms with Gasteiger partial charge in [0.2, 0.25) is 0 Å². The minimum atomic E-state index is 0.228. The Hall–Kier alpha value is -0.320. The highest BCUT2D eigenvalue weighted by molar-refractivity contribution is 14.1. The van der Waals surface area contributed by atoms with Crippen LogP contribution in [0.5, 0.6) is 0 Å². The van der Waals surface area contributed by atoms with Gasteiger partial charge in [0, 0.05) is 21.7 Å². The summed E-state index contributed by atoms with van der Waals surface area (Å²) in [7, 11) is 0. The van der Waals surface area contributed by atoms with Crippen LogP contribution >= 0.6 is 22.6 Å². The summed E-state index contributed by atoms with van der Waals surface area (Å²) in [5, 5.41) is 0. The molecule has 0 spiro atoms.